The third kappa shape index (κ3) is 6.35. The van der Waals surface area contributed by atoms with E-state index in [0.29, 0.717) is 19.6 Å². The predicted molar refractivity (Wildman–Crippen MR) is 120 cm³/mol. The Balaban J connectivity index is 2.59. The number of hydrogen-bond donors (Lipinski definition) is 0. The largest absolute Gasteiger partial charge is 0.362 e. The first-order chi connectivity index (χ1) is 13.2. The average Bonchev–Trinajstić information content (AvgIpc) is 2.61. The summed E-state index contributed by atoms with van der Waals surface area (Å²) in [5.41, 5.74) is 0.703. The molecule has 0 aliphatic carbocycles. The fourth-order valence-corrected chi connectivity index (χ4v) is 8.62. The minimum atomic E-state index is -3.43. The molecule has 0 radical (unpaired) electrons. The van der Waals surface area contributed by atoms with Gasteiger partial charge in [-0.05, 0) is 58.4 Å². The average molecular weight is 446 g/mol. The molecular weight excluding hydrogens is 413 g/mol. The second-order valence-corrected chi connectivity index (χ2v) is 12.0. The van der Waals surface area contributed by atoms with Crippen LogP contribution in [0.15, 0.2) is 34.1 Å². The smallest absolute Gasteiger partial charge is 0.359 e. The summed E-state index contributed by atoms with van der Waals surface area (Å²) in [6, 6.07) is 3.94. The van der Waals surface area contributed by atoms with E-state index in [1.807, 2.05) is 32.2 Å². The molecule has 0 fully saturated rings. The van der Waals surface area contributed by atoms with E-state index in [4.69, 9.17) is 13.8 Å². The lowest BCUT2D eigenvalue weighted by Crippen LogP contribution is -2.29. The van der Waals surface area contributed by atoms with E-state index in [0.717, 1.165) is 20.9 Å². The normalized spacial score (nSPS) is 21.2. The van der Waals surface area contributed by atoms with E-state index >= 15 is 0 Å². The molecule has 1 aromatic heterocycles. The van der Waals surface area contributed by atoms with Gasteiger partial charge in [-0.3, -0.25) is 9.55 Å². The minimum Gasteiger partial charge on any atom is -0.362 e. The molecular formula is C20H32NO4PS2. The zero-order valence-electron chi connectivity index (χ0n) is 17.6. The molecule has 0 aromatic carbocycles. The summed E-state index contributed by atoms with van der Waals surface area (Å²) in [6.45, 7) is 12.6. The van der Waals surface area contributed by atoms with Crippen molar-refractivity contribution >= 4 is 31.1 Å². The lowest BCUT2D eigenvalue weighted by molar-refractivity contribution is -0.0233. The van der Waals surface area contributed by atoms with E-state index in [-0.39, 0.29) is 17.0 Å². The lowest BCUT2D eigenvalue weighted by atomic mass is 9.97. The van der Waals surface area contributed by atoms with Crippen molar-refractivity contribution in [2.45, 2.75) is 64.9 Å². The first-order valence-corrected chi connectivity index (χ1v) is 13.2. The van der Waals surface area contributed by atoms with Gasteiger partial charge in [0.1, 0.15) is 5.44 Å². The number of aromatic nitrogens is 1. The van der Waals surface area contributed by atoms with Crippen LogP contribution >= 0.6 is 31.1 Å². The van der Waals surface area contributed by atoms with Crippen molar-refractivity contribution in [3.05, 3.63) is 39.6 Å². The van der Waals surface area contributed by atoms with Gasteiger partial charge in [-0.25, -0.2) is 0 Å². The molecule has 0 spiro atoms. The Bertz CT molecular complexity index is 696. The Morgan fingerprint density at radius 3 is 2.43 bits per heavy atom. The van der Waals surface area contributed by atoms with Crippen molar-refractivity contribution in [3.8, 4) is 0 Å². The van der Waals surface area contributed by atoms with Crippen LogP contribution in [-0.4, -0.2) is 35.0 Å². The minimum absolute atomic E-state index is 0.0419. The molecule has 2 atom stereocenters. The number of pyridine rings is 1. The molecule has 2 rings (SSSR count). The molecule has 0 unspecified atom stereocenters. The summed E-state index contributed by atoms with van der Waals surface area (Å²) < 4.78 is 32.7. The summed E-state index contributed by atoms with van der Waals surface area (Å²) in [5.74, 6) is 0.742. The Kier molecular flexibility index (Phi) is 9.12. The Morgan fingerprint density at radius 2 is 1.93 bits per heavy atom. The van der Waals surface area contributed by atoms with E-state index in [1.54, 1.807) is 29.7 Å². The molecule has 0 bridgehead atoms. The number of hydrogen-bond acceptors (Lipinski definition) is 7. The molecule has 1 aliphatic heterocycles. The molecule has 5 nitrogen and oxygen atoms in total. The first kappa shape index (κ1) is 24.0. The van der Waals surface area contributed by atoms with Gasteiger partial charge in [-0.2, -0.15) is 0 Å². The van der Waals surface area contributed by atoms with Crippen LogP contribution in [-0.2, 0) is 18.3 Å². The molecule has 0 saturated carbocycles. The summed E-state index contributed by atoms with van der Waals surface area (Å²) >= 11 is 3.31. The van der Waals surface area contributed by atoms with Gasteiger partial charge in [0, 0.05) is 18.3 Å². The van der Waals surface area contributed by atoms with Crippen LogP contribution in [0.2, 0.25) is 0 Å². The monoisotopic (exact) mass is 445 g/mol. The quantitative estimate of drug-likeness (QED) is 0.395. The molecule has 0 N–H and O–H groups in total. The number of thioether (sulfide) groups is 2. The van der Waals surface area contributed by atoms with Crippen molar-refractivity contribution in [2.24, 2.45) is 0 Å². The highest BCUT2D eigenvalue weighted by Gasteiger charge is 2.44. The molecule has 0 amide bonds. The van der Waals surface area contributed by atoms with Crippen LogP contribution in [0.5, 0.6) is 0 Å². The highest BCUT2D eigenvalue weighted by molar-refractivity contribution is 8.22. The van der Waals surface area contributed by atoms with Gasteiger partial charge < -0.3 is 13.8 Å². The Morgan fingerprint density at radius 1 is 1.25 bits per heavy atom. The maximum atomic E-state index is 13.8. The Hall–Kier alpha value is -0.300. The van der Waals surface area contributed by atoms with Crippen LogP contribution in [0.25, 0.3) is 0 Å². The Labute approximate surface area is 177 Å². The van der Waals surface area contributed by atoms with Crippen molar-refractivity contribution in [3.63, 3.8) is 0 Å². The summed E-state index contributed by atoms with van der Waals surface area (Å²) in [6.07, 6.45) is 4.28. The van der Waals surface area contributed by atoms with Gasteiger partial charge >= 0.3 is 7.60 Å². The third-order valence-corrected chi connectivity index (χ3v) is 8.97. The van der Waals surface area contributed by atoms with E-state index < -0.39 is 7.60 Å². The van der Waals surface area contributed by atoms with Crippen molar-refractivity contribution in [1.29, 1.82) is 0 Å². The number of ether oxygens (including phenoxy) is 1. The molecule has 8 heteroatoms. The van der Waals surface area contributed by atoms with Gasteiger partial charge in [0.15, 0.2) is 0 Å². The summed E-state index contributed by atoms with van der Waals surface area (Å²) in [7, 11) is -3.43. The summed E-state index contributed by atoms with van der Waals surface area (Å²) in [4.78, 5) is 4.29. The van der Waals surface area contributed by atoms with Crippen LogP contribution in [0.1, 0.15) is 59.4 Å². The number of allylic oxidation sites excluding steroid dienone is 1. The van der Waals surface area contributed by atoms with Crippen LogP contribution in [0, 0.1) is 0 Å². The van der Waals surface area contributed by atoms with E-state index in [2.05, 4.69) is 32.7 Å². The summed E-state index contributed by atoms with van der Waals surface area (Å²) in [5, 5.41) is 0.759. The molecule has 28 heavy (non-hydrogen) atoms. The van der Waals surface area contributed by atoms with Gasteiger partial charge in [0.2, 0.25) is 0 Å². The SMILES string of the molecule is CCOP(=O)(OCC)C1=C(SCC)S[C@@H](OC(C)(C)C)C[C@@H]1c1cccnc1. The topological polar surface area (TPSA) is 57.7 Å². The van der Waals surface area contributed by atoms with Gasteiger partial charge in [-0.1, -0.05) is 24.8 Å². The van der Waals surface area contributed by atoms with E-state index in [9.17, 15) is 4.57 Å². The van der Waals surface area contributed by atoms with Crippen LogP contribution in [0.3, 0.4) is 0 Å². The molecule has 1 aliphatic rings. The predicted octanol–water partition coefficient (Wildman–Crippen LogP) is 6.63. The van der Waals surface area contributed by atoms with Gasteiger partial charge in [-0.15, -0.1) is 11.8 Å². The van der Waals surface area contributed by atoms with Crippen molar-refractivity contribution in [1.82, 2.24) is 4.98 Å². The molecule has 0 saturated heterocycles. The maximum Gasteiger partial charge on any atom is 0.359 e. The first-order valence-electron chi connectivity index (χ1n) is 9.75. The fraction of sp³-hybridized carbons (Fsp3) is 0.650. The highest BCUT2D eigenvalue weighted by Crippen LogP contribution is 2.67. The number of rotatable bonds is 9. The standard InChI is InChI=1S/C20H32NO4PS2/c1-7-23-26(22,24-8-2)18-16(15-11-10-12-21-14-15)13-17(25-20(4,5)6)28-19(18)27-9-3/h10-12,14,16-17H,7-9,13H2,1-6H3/t16-,17-/m1/s1. The molecule has 2 heterocycles. The lowest BCUT2D eigenvalue weighted by Gasteiger charge is -2.37. The highest BCUT2D eigenvalue weighted by atomic mass is 32.2. The zero-order chi connectivity index (χ0) is 20.8. The van der Waals surface area contributed by atoms with Crippen LogP contribution < -0.4 is 0 Å². The van der Waals surface area contributed by atoms with Gasteiger partial charge in [0.25, 0.3) is 0 Å². The van der Waals surface area contributed by atoms with Crippen molar-refractivity contribution in [2.75, 3.05) is 19.0 Å². The van der Waals surface area contributed by atoms with Crippen molar-refractivity contribution < 1.29 is 18.3 Å². The maximum absolute atomic E-state index is 13.8. The third-order valence-electron chi connectivity index (χ3n) is 3.95. The zero-order valence-corrected chi connectivity index (χ0v) is 20.2. The molecule has 158 valence electrons. The molecule has 1 aromatic rings. The van der Waals surface area contributed by atoms with Gasteiger partial charge in [0.05, 0.1) is 28.4 Å². The second kappa shape index (κ2) is 10.6. The second-order valence-electron chi connectivity index (χ2n) is 7.29. The van der Waals surface area contributed by atoms with E-state index in [1.165, 1.54) is 0 Å². The van der Waals surface area contributed by atoms with Crippen LogP contribution in [0.4, 0.5) is 0 Å². The fourth-order valence-electron chi connectivity index (χ4n) is 3.07. The number of nitrogens with zero attached hydrogens (tertiary/aromatic N) is 1.